The van der Waals surface area contributed by atoms with Crippen LogP contribution in [0.1, 0.15) is 66.7 Å². The lowest BCUT2D eigenvalue weighted by Gasteiger charge is -2.39. The van der Waals surface area contributed by atoms with Gasteiger partial charge in [0, 0.05) is 6.04 Å². The monoisotopic (exact) mass is 297 g/mol. The number of nitrogens with two attached hydrogens (primary N) is 1. The zero-order chi connectivity index (χ0) is 16.1. The minimum atomic E-state index is -0.581. The fourth-order valence-electron chi connectivity index (χ4n) is 3.23. The first-order valence-electron chi connectivity index (χ1n) is 8.51. The Balaban J connectivity index is 2.37. The fraction of sp³-hybridized carbons (Fsp3) is 0.941. The third-order valence-corrected chi connectivity index (χ3v) is 5.22. The van der Waals surface area contributed by atoms with Crippen LogP contribution in [0.4, 0.5) is 0 Å². The molecule has 124 valence electrons. The average molecular weight is 297 g/mol. The molecule has 4 nitrogen and oxygen atoms in total. The van der Waals surface area contributed by atoms with Gasteiger partial charge in [-0.25, -0.2) is 0 Å². The number of rotatable bonds is 8. The standard InChI is InChI=1S/C17H35N3O/c1-6-16(4)9-12-20(13-10-16)11-7-8-17(5,15(18)21)19-14(2)3/h14,19H,6-13H2,1-5H3,(H2,18,21). The smallest absolute Gasteiger partial charge is 0.237 e. The summed E-state index contributed by atoms with van der Waals surface area (Å²) >= 11 is 0. The van der Waals surface area contributed by atoms with Crippen molar-refractivity contribution < 1.29 is 4.79 Å². The number of carbonyl (C=O) groups excluding carboxylic acids is 1. The van der Waals surface area contributed by atoms with Crippen LogP contribution in [0, 0.1) is 5.41 Å². The number of nitrogens with zero attached hydrogens (tertiary/aromatic N) is 1. The second-order valence-corrected chi connectivity index (χ2v) is 7.60. The van der Waals surface area contributed by atoms with E-state index in [0.717, 1.165) is 19.4 Å². The SMILES string of the molecule is CCC1(C)CCN(CCCC(C)(NC(C)C)C(N)=O)CC1. The maximum atomic E-state index is 11.7. The van der Waals surface area contributed by atoms with E-state index < -0.39 is 5.54 Å². The molecule has 0 radical (unpaired) electrons. The first kappa shape index (κ1) is 18.4. The highest BCUT2D eigenvalue weighted by Gasteiger charge is 2.32. The van der Waals surface area contributed by atoms with Gasteiger partial charge in [-0.1, -0.05) is 20.3 Å². The predicted octanol–water partition coefficient (Wildman–Crippen LogP) is 2.52. The Labute approximate surface area is 130 Å². The number of amides is 1. The molecule has 0 aromatic carbocycles. The Morgan fingerprint density at radius 1 is 1.38 bits per heavy atom. The highest BCUT2D eigenvalue weighted by molar-refractivity contribution is 5.84. The van der Waals surface area contributed by atoms with Crippen molar-refractivity contribution in [3.05, 3.63) is 0 Å². The molecule has 0 aliphatic carbocycles. The molecule has 1 saturated heterocycles. The third kappa shape index (κ3) is 5.59. The zero-order valence-electron chi connectivity index (χ0n) is 14.7. The molecule has 1 rings (SSSR count). The van der Waals surface area contributed by atoms with E-state index >= 15 is 0 Å². The van der Waals surface area contributed by atoms with Crippen LogP contribution in [-0.4, -0.2) is 42.0 Å². The van der Waals surface area contributed by atoms with Gasteiger partial charge in [0.15, 0.2) is 0 Å². The molecular weight excluding hydrogens is 262 g/mol. The van der Waals surface area contributed by atoms with Crippen LogP contribution in [0.15, 0.2) is 0 Å². The first-order chi connectivity index (χ1) is 9.71. The molecule has 1 fully saturated rings. The third-order valence-electron chi connectivity index (χ3n) is 5.22. The van der Waals surface area contributed by atoms with Crippen LogP contribution in [0.2, 0.25) is 0 Å². The van der Waals surface area contributed by atoms with E-state index in [-0.39, 0.29) is 11.9 Å². The van der Waals surface area contributed by atoms with Crippen molar-refractivity contribution in [2.24, 2.45) is 11.1 Å². The zero-order valence-corrected chi connectivity index (χ0v) is 14.7. The maximum absolute atomic E-state index is 11.7. The van der Waals surface area contributed by atoms with E-state index in [2.05, 4.69) is 37.9 Å². The molecule has 3 N–H and O–H groups in total. The van der Waals surface area contributed by atoms with Gasteiger partial charge in [-0.15, -0.1) is 0 Å². The summed E-state index contributed by atoms with van der Waals surface area (Å²) in [4.78, 5) is 14.2. The summed E-state index contributed by atoms with van der Waals surface area (Å²) in [5.74, 6) is -0.242. The molecule has 0 saturated carbocycles. The van der Waals surface area contributed by atoms with E-state index in [1.54, 1.807) is 0 Å². The highest BCUT2D eigenvalue weighted by Crippen LogP contribution is 2.33. The number of piperidine rings is 1. The summed E-state index contributed by atoms with van der Waals surface area (Å²) in [6, 6.07) is 0.266. The number of likely N-dealkylation sites (tertiary alicyclic amines) is 1. The molecule has 0 bridgehead atoms. The van der Waals surface area contributed by atoms with Crippen molar-refractivity contribution in [2.45, 2.75) is 78.3 Å². The molecular formula is C17H35N3O. The van der Waals surface area contributed by atoms with Crippen molar-refractivity contribution in [3.8, 4) is 0 Å². The largest absolute Gasteiger partial charge is 0.368 e. The van der Waals surface area contributed by atoms with Crippen LogP contribution in [-0.2, 0) is 4.79 Å². The summed E-state index contributed by atoms with van der Waals surface area (Å²) < 4.78 is 0. The molecule has 1 heterocycles. The summed E-state index contributed by atoms with van der Waals surface area (Å²) in [5, 5.41) is 3.32. The van der Waals surface area contributed by atoms with Gasteiger partial charge < -0.3 is 16.0 Å². The van der Waals surface area contributed by atoms with E-state index in [9.17, 15) is 4.79 Å². The van der Waals surface area contributed by atoms with Gasteiger partial charge in [0.25, 0.3) is 0 Å². The molecule has 4 heteroatoms. The number of primary amides is 1. The summed E-state index contributed by atoms with van der Waals surface area (Å²) in [6.07, 6.45) is 5.69. The second kappa shape index (κ2) is 7.59. The first-order valence-corrected chi connectivity index (χ1v) is 8.51. The lowest BCUT2D eigenvalue weighted by Crippen LogP contribution is -2.55. The summed E-state index contributed by atoms with van der Waals surface area (Å²) in [7, 11) is 0. The number of hydrogen-bond donors (Lipinski definition) is 2. The topological polar surface area (TPSA) is 58.4 Å². The van der Waals surface area contributed by atoms with Crippen molar-refractivity contribution in [1.82, 2.24) is 10.2 Å². The van der Waals surface area contributed by atoms with Gasteiger partial charge in [-0.2, -0.15) is 0 Å². The van der Waals surface area contributed by atoms with E-state index in [1.165, 1.54) is 32.4 Å². The molecule has 0 spiro atoms. The maximum Gasteiger partial charge on any atom is 0.237 e. The van der Waals surface area contributed by atoms with E-state index in [4.69, 9.17) is 5.73 Å². The lowest BCUT2D eigenvalue weighted by atomic mass is 9.78. The van der Waals surface area contributed by atoms with Crippen LogP contribution >= 0.6 is 0 Å². The fourth-order valence-corrected chi connectivity index (χ4v) is 3.23. The minimum absolute atomic E-state index is 0.242. The molecule has 21 heavy (non-hydrogen) atoms. The minimum Gasteiger partial charge on any atom is -0.368 e. The number of carbonyl (C=O) groups is 1. The molecule has 1 unspecified atom stereocenters. The lowest BCUT2D eigenvalue weighted by molar-refractivity contribution is -0.124. The average Bonchev–Trinajstić information content (AvgIpc) is 2.40. The van der Waals surface area contributed by atoms with Crippen molar-refractivity contribution in [2.75, 3.05) is 19.6 Å². The molecule has 0 aromatic rings. The van der Waals surface area contributed by atoms with Gasteiger partial charge >= 0.3 is 0 Å². The predicted molar refractivity (Wildman–Crippen MR) is 89.2 cm³/mol. The van der Waals surface area contributed by atoms with Crippen molar-refractivity contribution >= 4 is 5.91 Å². The Hall–Kier alpha value is -0.610. The van der Waals surface area contributed by atoms with Crippen LogP contribution in [0.5, 0.6) is 0 Å². The van der Waals surface area contributed by atoms with Crippen LogP contribution < -0.4 is 11.1 Å². The summed E-state index contributed by atoms with van der Waals surface area (Å²) in [5.41, 5.74) is 5.53. The highest BCUT2D eigenvalue weighted by atomic mass is 16.1. The molecule has 1 aliphatic heterocycles. The number of nitrogens with one attached hydrogen (secondary N) is 1. The summed E-state index contributed by atoms with van der Waals surface area (Å²) in [6.45, 7) is 14.2. The normalized spacial score (nSPS) is 22.2. The van der Waals surface area contributed by atoms with Crippen LogP contribution in [0.25, 0.3) is 0 Å². The van der Waals surface area contributed by atoms with E-state index in [0.29, 0.717) is 5.41 Å². The van der Waals surface area contributed by atoms with Crippen LogP contribution in [0.3, 0.4) is 0 Å². The van der Waals surface area contributed by atoms with Gasteiger partial charge in [0.05, 0.1) is 5.54 Å². The Bertz CT molecular complexity index is 335. The van der Waals surface area contributed by atoms with Gasteiger partial charge in [-0.3, -0.25) is 4.79 Å². The van der Waals surface area contributed by atoms with Gasteiger partial charge in [0.2, 0.25) is 5.91 Å². The second-order valence-electron chi connectivity index (χ2n) is 7.60. The molecule has 1 atom stereocenters. The Morgan fingerprint density at radius 2 is 1.95 bits per heavy atom. The van der Waals surface area contributed by atoms with Gasteiger partial charge in [0.1, 0.15) is 0 Å². The Kier molecular flexibility index (Phi) is 6.67. The number of hydrogen-bond acceptors (Lipinski definition) is 3. The van der Waals surface area contributed by atoms with Gasteiger partial charge in [-0.05, 0) is 71.5 Å². The Morgan fingerprint density at radius 3 is 2.38 bits per heavy atom. The molecule has 1 amide bonds. The van der Waals surface area contributed by atoms with Crippen molar-refractivity contribution in [1.29, 1.82) is 0 Å². The molecule has 0 aromatic heterocycles. The molecule has 1 aliphatic rings. The van der Waals surface area contributed by atoms with E-state index in [1.807, 2.05) is 6.92 Å². The van der Waals surface area contributed by atoms with Crippen molar-refractivity contribution in [3.63, 3.8) is 0 Å². The quantitative estimate of drug-likeness (QED) is 0.724.